The lowest BCUT2D eigenvalue weighted by atomic mass is 9.87. The number of aryl methyl sites for hydroxylation is 1. The van der Waals surface area contributed by atoms with Crippen LogP contribution in [0.1, 0.15) is 36.9 Å². The van der Waals surface area contributed by atoms with Crippen molar-refractivity contribution in [3.05, 3.63) is 65.5 Å². The number of nitrogens with two attached hydrogens (primary N) is 1. The number of carbonyl (C=O) groups excluding carboxylic acids is 1. The molecule has 1 aliphatic rings. The van der Waals surface area contributed by atoms with Gasteiger partial charge in [0.15, 0.2) is 6.04 Å². The van der Waals surface area contributed by atoms with Gasteiger partial charge in [0.2, 0.25) is 0 Å². The predicted molar refractivity (Wildman–Crippen MR) is 88.5 cm³/mol. The van der Waals surface area contributed by atoms with Crippen LogP contribution in [0.25, 0.3) is 0 Å². The molecule has 0 heterocycles. The van der Waals surface area contributed by atoms with Crippen LogP contribution < -0.4 is 10.6 Å². The molecule has 0 spiro atoms. The molecule has 1 amide bonds. The minimum atomic E-state index is -0.406. The third-order valence-electron chi connectivity index (χ3n) is 4.48. The SMILES string of the molecule is C[C@@H]([NH2+][C@@H]1CCCc2ccccc21)C(=O)Nc1ccccc1F. The maximum atomic E-state index is 13.6. The Hall–Kier alpha value is -2.20. The second-order valence-corrected chi connectivity index (χ2v) is 6.15. The number of amides is 1. The highest BCUT2D eigenvalue weighted by molar-refractivity contribution is 5.93. The fourth-order valence-electron chi connectivity index (χ4n) is 3.24. The van der Waals surface area contributed by atoms with Crippen LogP contribution in [0.2, 0.25) is 0 Å². The molecule has 1 aliphatic carbocycles. The zero-order valence-electron chi connectivity index (χ0n) is 13.3. The molecule has 0 saturated heterocycles. The van der Waals surface area contributed by atoms with Gasteiger partial charge in [-0.1, -0.05) is 36.4 Å². The summed E-state index contributed by atoms with van der Waals surface area (Å²) in [6, 6.07) is 14.7. The fraction of sp³-hybridized carbons (Fsp3) is 0.316. The summed E-state index contributed by atoms with van der Waals surface area (Å²) >= 11 is 0. The van der Waals surface area contributed by atoms with Gasteiger partial charge in [-0.15, -0.1) is 0 Å². The first-order chi connectivity index (χ1) is 11.1. The molecule has 4 heteroatoms. The number of halogens is 1. The van der Waals surface area contributed by atoms with Gasteiger partial charge in [0, 0.05) is 12.0 Å². The molecule has 3 nitrogen and oxygen atoms in total. The zero-order chi connectivity index (χ0) is 16.2. The quantitative estimate of drug-likeness (QED) is 0.896. The van der Waals surface area contributed by atoms with Gasteiger partial charge in [0.25, 0.3) is 5.91 Å². The highest BCUT2D eigenvalue weighted by Crippen LogP contribution is 2.26. The van der Waals surface area contributed by atoms with E-state index in [9.17, 15) is 9.18 Å². The minimum absolute atomic E-state index is 0.168. The molecule has 120 valence electrons. The summed E-state index contributed by atoms with van der Waals surface area (Å²) in [5, 5.41) is 4.77. The number of benzene rings is 2. The lowest BCUT2D eigenvalue weighted by Gasteiger charge is -2.26. The Labute approximate surface area is 135 Å². The van der Waals surface area contributed by atoms with Crippen molar-refractivity contribution in [1.29, 1.82) is 0 Å². The molecule has 3 rings (SSSR count). The van der Waals surface area contributed by atoms with Crippen molar-refractivity contribution >= 4 is 11.6 Å². The smallest absolute Gasteiger partial charge is 0.282 e. The average Bonchev–Trinajstić information content (AvgIpc) is 2.57. The molecule has 2 atom stereocenters. The molecule has 0 saturated carbocycles. The third-order valence-corrected chi connectivity index (χ3v) is 4.48. The number of rotatable bonds is 4. The second-order valence-electron chi connectivity index (χ2n) is 6.15. The van der Waals surface area contributed by atoms with Gasteiger partial charge >= 0.3 is 0 Å². The summed E-state index contributed by atoms with van der Waals surface area (Å²) in [7, 11) is 0. The molecule has 0 bridgehead atoms. The summed E-state index contributed by atoms with van der Waals surface area (Å²) in [6.07, 6.45) is 3.31. The van der Waals surface area contributed by atoms with Gasteiger partial charge in [-0.05, 0) is 37.5 Å². The van der Waals surface area contributed by atoms with Gasteiger partial charge in [-0.3, -0.25) is 4.79 Å². The van der Waals surface area contributed by atoms with E-state index in [-0.39, 0.29) is 17.6 Å². The molecule has 3 N–H and O–H groups in total. The molecular weight excluding hydrogens is 291 g/mol. The number of hydrogen-bond donors (Lipinski definition) is 2. The molecule has 23 heavy (non-hydrogen) atoms. The Morgan fingerprint density at radius 2 is 1.96 bits per heavy atom. The Balaban J connectivity index is 1.67. The maximum Gasteiger partial charge on any atom is 0.282 e. The number of hydrogen-bond acceptors (Lipinski definition) is 1. The molecule has 0 unspecified atom stereocenters. The average molecular weight is 313 g/mol. The standard InChI is InChI=1S/C19H21FN2O/c1-13(19(23)22-18-11-5-4-10-16(18)20)21-17-12-6-8-14-7-2-3-9-15(14)17/h2-5,7,9-11,13,17,21H,6,8,12H2,1H3,(H,22,23)/p+1/t13-,17-/m1/s1. The maximum absolute atomic E-state index is 13.6. The van der Waals surface area contributed by atoms with Crippen molar-refractivity contribution in [2.24, 2.45) is 0 Å². The van der Waals surface area contributed by atoms with Gasteiger partial charge in [0.05, 0.1) is 5.69 Å². The van der Waals surface area contributed by atoms with E-state index in [1.807, 2.05) is 6.92 Å². The first-order valence-electron chi connectivity index (χ1n) is 8.13. The van der Waals surface area contributed by atoms with E-state index in [4.69, 9.17) is 0 Å². The van der Waals surface area contributed by atoms with Crippen LogP contribution in [0.5, 0.6) is 0 Å². The van der Waals surface area contributed by atoms with Gasteiger partial charge in [-0.25, -0.2) is 4.39 Å². The van der Waals surface area contributed by atoms with Crippen LogP contribution in [-0.2, 0) is 11.2 Å². The lowest BCUT2D eigenvalue weighted by molar-refractivity contribution is -0.714. The number of nitrogens with one attached hydrogen (secondary N) is 1. The van der Waals surface area contributed by atoms with Gasteiger partial charge in [0.1, 0.15) is 11.9 Å². The summed E-state index contributed by atoms with van der Waals surface area (Å²) in [5.41, 5.74) is 2.94. The van der Waals surface area contributed by atoms with Crippen molar-refractivity contribution in [1.82, 2.24) is 0 Å². The summed E-state index contributed by atoms with van der Waals surface area (Å²) < 4.78 is 13.6. The lowest BCUT2D eigenvalue weighted by Crippen LogP contribution is -2.92. The highest BCUT2D eigenvalue weighted by Gasteiger charge is 2.27. The van der Waals surface area contributed by atoms with Crippen LogP contribution >= 0.6 is 0 Å². The van der Waals surface area contributed by atoms with Crippen LogP contribution in [0.3, 0.4) is 0 Å². The number of anilines is 1. The Morgan fingerprint density at radius 3 is 2.78 bits per heavy atom. The first-order valence-corrected chi connectivity index (χ1v) is 8.13. The van der Waals surface area contributed by atoms with E-state index in [1.165, 1.54) is 17.2 Å². The molecule has 0 radical (unpaired) electrons. The van der Waals surface area contributed by atoms with Crippen molar-refractivity contribution in [2.45, 2.75) is 38.3 Å². The fourth-order valence-corrected chi connectivity index (χ4v) is 3.24. The van der Waals surface area contributed by atoms with Crippen LogP contribution in [-0.4, -0.2) is 11.9 Å². The molecule has 0 aromatic heterocycles. The number of fused-ring (bicyclic) bond motifs is 1. The third kappa shape index (κ3) is 3.59. The molecular formula is C19H22FN2O+. The molecule has 0 aliphatic heterocycles. The predicted octanol–water partition coefficient (Wildman–Crippen LogP) is 2.79. The van der Waals surface area contributed by atoms with Gasteiger partial charge in [-0.2, -0.15) is 0 Å². The van der Waals surface area contributed by atoms with E-state index < -0.39 is 5.82 Å². The molecule has 2 aromatic rings. The first kappa shape index (κ1) is 15.7. The monoisotopic (exact) mass is 313 g/mol. The number of quaternary nitrogens is 1. The highest BCUT2D eigenvalue weighted by atomic mass is 19.1. The Kier molecular flexibility index (Phi) is 4.72. The Bertz CT molecular complexity index is 701. The summed E-state index contributed by atoms with van der Waals surface area (Å²) in [4.78, 5) is 12.3. The summed E-state index contributed by atoms with van der Waals surface area (Å²) in [5.74, 6) is -0.575. The second kappa shape index (κ2) is 6.92. The minimum Gasteiger partial charge on any atom is -0.330 e. The van der Waals surface area contributed by atoms with E-state index in [0.717, 1.165) is 19.3 Å². The number of carbonyl (C=O) groups is 1. The van der Waals surface area contributed by atoms with E-state index >= 15 is 0 Å². The van der Waals surface area contributed by atoms with Gasteiger partial charge < -0.3 is 10.6 Å². The van der Waals surface area contributed by atoms with E-state index in [1.54, 1.807) is 18.2 Å². The normalized spacial score (nSPS) is 18.1. The largest absolute Gasteiger partial charge is 0.330 e. The number of para-hydroxylation sites is 1. The molecule has 2 aromatic carbocycles. The van der Waals surface area contributed by atoms with Crippen molar-refractivity contribution in [2.75, 3.05) is 5.32 Å². The van der Waals surface area contributed by atoms with E-state index in [2.05, 4.69) is 34.9 Å². The van der Waals surface area contributed by atoms with Crippen molar-refractivity contribution in [3.8, 4) is 0 Å². The van der Waals surface area contributed by atoms with Crippen LogP contribution in [0, 0.1) is 5.82 Å². The van der Waals surface area contributed by atoms with E-state index in [0.29, 0.717) is 6.04 Å². The zero-order valence-corrected chi connectivity index (χ0v) is 13.3. The molecule has 0 fully saturated rings. The van der Waals surface area contributed by atoms with Crippen molar-refractivity contribution in [3.63, 3.8) is 0 Å². The van der Waals surface area contributed by atoms with Crippen LogP contribution in [0.15, 0.2) is 48.5 Å². The summed E-state index contributed by atoms with van der Waals surface area (Å²) in [6.45, 7) is 1.87. The van der Waals surface area contributed by atoms with Crippen LogP contribution in [0.4, 0.5) is 10.1 Å². The van der Waals surface area contributed by atoms with Crippen molar-refractivity contribution < 1.29 is 14.5 Å². The Morgan fingerprint density at radius 1 is 1.22 bits per heavy atom. The topological polar surface area (TPSA) is 45.7 Å².